The number of halogens is 2. The third-order valence-electron chi connectivity index (χ3n) is 9.27. The van der Waals surface area contributed by atoms with Crippen molar-refractivity contribution < 1.29 is 5.73 Å². The molecule has 0 atom stereocenters. The summed E-state index contributed by atoms with van der Waals surface area (Å²) in [6.07, 6.45) is 11.6. The molecular weight excluding hydrogens is 609 g/mol. The number of rotatable bonds is 5. The fourth-order valence-electron chi connectivity index (χ4n) is 7.23. The molecular formula is C33H38F2N4Sn. The average Bonchev–Trinajstić information content (AvgIpc) is 3.58. The van der Waals surface area contributed by atoms with Crippen LogP contribution in [0.5, 0.6) is 0 Å². The minimum atomic E-state index is -6.41. The van der Waals surface area contributed by atoms with Crippen LogP contribution >= 0.6 is 0 Å². The summed E-state index contributed by atoms with van der Waals surface area (Å²) in [6, 6.07) is 0. The predicted molar refractivity (Wildman–Crippen MR) is 165 cm³/mol. The molecule has 2 aromatic rings. The van der Waals surface area contributed by atoms with Gasteiger partial charge in [-0.3, -0.25) is 0 Å². The van der Waals surface area contributed by atoms with Gasteiger partial charge >= 0.3 is 243 Å². The molecule has 0 aliphatic carbocycles. The van der Waals surface area contributed by atoms with Gasteiger partial charge in [0.2, 0.25) is 0 Å². The van der Waals surface area contributed by atoms with Crippen molar-refractivity contribution in [2.75, 3.05) is 0 Å². The third-order valence-corrected chi connectivity index (χ3v) is 15.1. The van der Waals surface area contributed by atoms with Crippen molar-refractivity contribution in [1.29, 1.82) is 0 Å². The normalized spacial score (nSPS) is 18.8. The summed E-state index contributed by atoms with van der Waals surface area (Å²) in [4.78, 5) is 10.2. The van der Waals surface area contributed by atoms with Crippen LogP contribution in [0.25, 0.3) is 24.3 Å². The molecule has 208 valence electrons. The van der Waals surface area contributed by atoms with Gasteiger partial charge < -0.3 is 0 Å². The molecule has 4 aliphatic heterocycles. The summed E-state index contributed by atoms with van der Waals surface area (Å²) in [7, 11) is 0. The van der Waals surface area contributed by atoms with Gasteiger partial charge in [0.05, 0.1) is 0 Å². The molecule has 0 unspecified atom stereocenters. The maximum atomic E-state index is 17.8. The number of aromatic nitrogens is 2. The van der Waals surface area contributed by atoms with Gasteiger partial charge in [-0.2, -0.15) is 0 Å². The molecule has 0 fully saturated rings. The van der Waals surface area contributed by atoms with Gasteiger partial charge in [-0.15, -0.1) is 0 Å². The van der Waals surface area contributed by atoms with Crippen molar-refractivity contribution in [1.82, 2.24) is 5.58 Å². The van der Waals surface area contributed by atoms with Crippen molar-refractivity contribution >= 4 is 55.8 Å². The Balaban J connectivity index is 1.94. The Bertz CT molecular complexity index is 1820. The second-order valence-electron chi connectivity index (χ2n) is 11.1. The molecule has 6 rings (SSSR count). The van der Waals surface area contributed by atoms with Crippen LogP contribution in [0.4, 0.5) is 5.73 Å². The first-order valence-electron chi connectivity index (χ1n) is 14.7. The topological polar surface area (TPSA) is 34.6 Å². The number of aliphatic imine (C=N–C) groups is 2. The van der Waals surface area contributed by atoms with Crippen molar-refractivity contribution in [3.05, 3.63) is 78.0 Å². The SMILES string of the molecule is CCC1=C(C)C2=Cc3c(CC)c(C)c4[n]3[Sn]([F])([F])[n]3c(c(C)c(CC)c3=CC3=NC(=C4)C(CC)=C3CC)=CC1=N2. The van der Waals surface area contributed by atoms with E-state index in [1.165, 1.54) is 16.7 Å². The minimum absolute atomic E-state index is 0.604. The van der Waals surface area contributed by atoms with Crippen molar-refractivity contribution in [3.63, 3.8) is 0 Å². The third kappa shape index (κ3) is 3.60. The predicted octanol–water partition coefficient (Wildman–Crippen LogP) is 6.82. The van der Waals surface area contributed by atoms with E-state index in [0.717, 1.165) is 75.5 Å². The Morgan fingerprint density at radius 3 is 1.80 bits per heavy atom. The molecule has 0 aromatic carbocycles. The summed E-state index contributed by atoms with van der Waals surface area (Å²) in [6.45, 7) is 16.6. The van der Waals surface area contributed by atoms with E-state index in [2.05, 4.69) is 41.5 Å². The Morgan fingerprint density at radius 2 is 1.18 bits per heavy atom. The summed E-state index contributed by atoms with van der Waals surface area (Å²) >= 11 is -6.41. The average molecular weight is 647 g/mol. The van der Waals surface area contributed by atoms with E-state index in [-0.39, 0.29) is 0 Å². The number of fused-ring (bicyclic) bond motifs is 2. The summed E-state index contributed by atoms with van der Waals surface area (Å²) in [5, 5.41) is 1.23. The van der Waals surface area contributed by atoms with Gasteiger partial charge in [0, 0.05) is 0 Å². The van der Waals surface area contributed by atoms with Crippen molar-refractivity contribution in [2.24, 2.45) is 9.98 Å². The molecule has 7 heteroatoms. The zero-order chi connectivity index (χ0) is 28.7. The molecule has 0 N–H and O–H groups in total. The zero-order valence-corrected chi connectivity index (χ0v) is 27.7. The number of hydrogen-bond acceptors (Lipinski definition) is 2. The van der Waals surface area contributed by atoms with Crippen molar-refractivity contribution in [3.8, 4) is 0 Å². The molecule has 0 amide bonds. The van der Waals surface area contributed by atoms with Crippen molar-refractivity contribution in [2.45, 2.75) is 87.5 Å². The zero-order valence-electron chi connectivity index (χ0n) is 24.9. The molecule has 6 heterocycles. The summed E-state index contributed by atoms with van der Waals surface area (Å²) in [5.74, 6) is 0. The molecule has 40 heavy (non-hydrogen) atoms. The molecule has 2 aromatic heterocycles. The first kappa shape index (κ1) is 27.4. The van der Waals surface area contributed by atoms with Gasteiger partial charge in [0.15, 0.2) is 0 Å². The Hall–Kier alpha value is -2.74. The summed E-state index contributed by atoms with van der Waals surface area (Å²) in [5.41, 5.74) is 12.8. The van der Waals surface area contributed by atoms with Crippen LogP contribution in [0, 0.1) is 13.8 Å². The second-order valence-corrected chi connectivity index (χ2v) is 16.6. The second kappa shape index (κ2) is 9.67. The van der Waals surface area contributed by atoms with E-state index in [0.29, 0.717) is 34.9 Å². The monoisotopic (exact) mass is 648 g/mol. The standard InChI is InChI=1S/C33H38N4.2FH.Sn/c1-9-21-18(6)26-14-30-22(10-2)19(7)28(35-30)16-32-24(12-4)25(13-5)33(37-32)17-31-23(11-3)20(8)27(36-31)15-29(21)34-26;;;/h14-17H,9-13H2,1-8H3;2*1H;/q-2;;;+4/p-2. The molecule has 6 bridgehead atoms. The van der Waals surface area contributed by atoms with Crippen LogP contribution < -0.4 is 10.7 Å². The van der Waals surface area contributed by atoms with Gasteiger partial charge in [-0.25, -0.2) is 0 Å². The van der Waals surface area contributed by atoms with Gasteiger partial charge in [-0.05, 0) is 0 Å². The van der Waals surface area contributed by atoms with Crippen LogP contribution in [0.3, 0.4) is 0 Å². The van der Waals surface area contributed by atoms with Crippen LogP contribution in [0.1, 0.15) is 94.4 Å². The Kier molecular flexibility index (Phi) is 6.63. The van der Waals surface area contributed by atoms with Crippen LogP contribution in [-0.4, -0.2) is 37.1 Å². The molecule has 4 aliphatic rings. The molecule has 0 spiro atoms. The number of hydrogen-bond donors (Lipinski definition) is 0. The Morgan fingerprint density at radius 1 is 0.600 bits per heavy atom. The first-order chi connectivity index (χ1) is 19.1. The molecule has 0 saturated carbocycles. The van der Waals surface area contributed by atoms with E-state index in [4.69, 9.17) is 9.98 Å². The number of nitrogens with zero attached hydrogens (tertiary/aromatic N) is 4. The summed E-state index contributed by atoms with van der Waals surface area (Å²) < 4.78 is 38.5. The van der Waals surface area contributed by atoms with Gasteiger partial charge in [-0.1, -0.05) is 0 Å². The fourth-order valence-corrected chi connectivity index (χ4v) is 13.6. The maximum absolute atomic E-state index is 17.8. The Labute approximate surface area is 241 Å². The molecule has 0 radical (unpaired) electrons. The number of allylic oxidation sites excluding steroid dienone is 4. The van der Waals surface area contributed by atoms with E-state index >= 15 is 5.73 Å². The van der Waals surface area contributed by atoms with E-state index < -0.39 is 20.1 Å². The van der Waals surface area contributed by atoms with Crippen LogP contribution in [0.2, 0.25) is 0 Å². The fraction of sp³-hybridized carbons (Fsp3) is 0.394. The van der Waals surface area contributed by atoms with Gasteiger partial charge in [0.1, 0.15) is 0 Å². The van der Waals surface area contributed by atoms with E-state index in [1.54, 1.807) is 0 Å². The molecule has 4 nitrogen and oxygen atoms in total. The van der Waals surface area contributed by atoms with E-state index in [1.807, 2.05) is 38.2 Å². The quantitative estimate of drug-likeness (QED) is 0.320. The molecule has 0 saturated heterocycles. The van der Waals surface area contributed by atoms with Gasteiger partial charge in [0.25, 0.3) is 0 Å². The van der Waals surface area contributed by atoms with E-state index in [9.17, 15) is 0 Å². The first-order valence-corrected chi connectivity index (χ1v) is 19.4. The van der Waals surface area contributed by atoms with Crippen LogP contribution in [-0.2, 0) is 12.8 Å². The van der Waals surface area contributed by atoms with Crippen LogP contribution in [0.15, 0.2) is 43.7 Å².